The van der Waals surface area contributed by atoms with Gasteiger partial charge in [-0.2, -0.15) is 0 Å². The standard InChI is InChI=1S/C23H24N2O2/c1-15-9-10-18(13-24-15)14-25-23(27)22-12-20(19-7-5-4-6-8-19)11-21(16(22)2)17(3)26/h4-13,17,26H,14H2,1-3H3,(H,25,27). The molecule has 2 N–H and O–H groups in total. The van der Waals surface area contributed by atoms with Crippen molar-refractivity contribution < 1.29 is 9.90 Å². The molecule has 1 atom stereocenters. The Hall–Kier alpha value is -2.98. The van der Waals surface area contributed by atoms with Crippen molar-refractivity contribution in [3.8, 4) is 11.1 Å². The molecule has 0 radical (unpaired) electrons. The molecule has 4 heteroatoms. The van der Waals surface area contributed by atoms with E-state index >= 15 is 0 Å². The number of amides is 1. The summed E-state index contributed by atoms with van der Waals surface area (Å²) in [6.07, 6.45) is 1.12. The maximum absolute atomic E-state index is 12.9. The minimum atomic E-state index is -0.651. The smallest absolute Gasteiger partial charge is 0.251 e. The first-order valence-electron chi connectivity index (χ1n) is 9.03. The number of hydrogen-bond acceptors (Lipinski definition) is 3. The summed E-state index contributed by atoms with van der Waals surface area (Å²) in [6.45, 7) is 5.93. The van der Waals surface area contributed by atoms with Crippen molar-refractivity contribution in [2.45, 2.75) is 33.4 Å². The Labute approximate surface area is 159 Å². The highest BCUT2D eigenvalue weighted by atomic mass is 16.3. The van der Waals surface area contributed by atoms with Gasteiger partial charge in [0.05, 0.1) is 6.10 Å². The molecule has 1 heterocycles. The van der Waals surface area contributed by atoms with Crippen LogP contribution in [0.3, 0.4) is 0 Å². The molecule has 0 saturated heterocycles. The first-order chi connectivity index (χ1) is 13.0. The quantitative estimate of drug-likeness (QED) is 0.711. The van der Waals surface area contributed by atoms with Crippen molar-refractivity contribution in [1.82, 2.24) is 10.3 Å². The van der Waals surface area contributed by atoms with Gasteiger partial charge in [0.2, 0.25) is 0 Å². The summed E-state index contributed by atoms with van der Waals surface area (Å²) in [5.41, 5.74) is 5.95. The van der Waals surface area contributed by atoms with Gasteiger partial charge in [0, 0.05) is 24.0 Å². The number of carbonyl (C=O) groups excluding carboxylic acids is 1. The summed E-state index contributed by atoms with van der Waals surface area (Å²) in [6, 6.07) is 17.6. The van der Waals surface area contributed by atoms with E-state index in [1.165, 1.54) is 0 Å². The van der Waals surface area contributed by atoms with Gasteiger partial charge < -0.3 is 10.4 Å². The number of aliphatic hydroxyl groups is 1. The zero-order valence-corrected chi connectivity index (χ0v) is 15.9. The molecule has 27 heavy (non-hydrogen) atoms. The molecule has 0 fully saturated rings. The highest BCUT2D eigenvalue weighted by Gasteiger charge is 2.17. The van der Waals surface area contributed by atoms with E-state index in [9.17, 15) is 9.90 Å². The Morgan fingerprint density at radius 2 is 1.81 bits per heavy atom. The van der Waals surface area contributed by atoms with Gasteiger partial charge in [0.1, 0.15) is 0 Å². The van der Waals surface area contributed by atoms with E-state index in [0.29, 0.717) is 12.1 Å². The normalized spacial score (nSPS) is 11.9. The third kappa shape index (κ3) is 4.41. The van der Waals surface area contributed by atoms with E-state index < -0.39 is 6.10 Å². The number of hydrogen-bond donors (Lipinski definition) is 2. The van der Waals surface area contributed by atoms with Gasteiger partial charge in [-0.05, 0) is 66.8 Å². The topological polar surface area (TPSA) is 62.2 Å². The molecule has 1 unspecified atom stereocenters. The lowest BCUT2D eigenvalue weighted by Gasteiger charge is -2.16. The van der Waals surface area contributed by atoms with Gasteiger partial charge in [0.15, 0.2) is 0 Å². The minimum absolute atomic E-state index is 0.159. The predicted molar refractivity (Wildman–Crippen MR) is 107 cm³/mol. The third-order valence-electron chi connectivity index (χ3n) is 4.68. The number of aliphatic hydroxyl groups excluding tert-OH is 1. The number of aryl methyl sites for hydroxylation is 1. The summed E-state index contributed by atoms with van der Waals surface area (Å²) >= 11 is 0. The molecule has 0 aliphatic carbocycles. The van der Waals surface area contributed by atoms with Crippen LogP contribution in [0, 0.1) is 13.8 Å². The molecule has 3 aromatic rings. The van der Waals surface area contributed by atoms with E-state index in [0.717, 1.165) is 33.5 Å². The van der Waals surface area contributed by atoms with Crippen molar-refractivity contribution in [2.75, 3.05) is 0 Å². The molecule has 2 aromatic carbocycles. The van der Waals surface area contributed by atoms with E-state index in [2.05, 4.69) is 10.3 Å². The Bertz CT molecular complexity index is 933. The van der Waals surface area contributed by atoms with Crippen molar-refractivity contribution in [3.05, 3.63) is 88.7 Å². The number of aromatic nitrogens is 1. The van der Waals surface area contributed by atoms with Gasteiger partial charge >= 0.3 is 0 Å². The second-order valence-electron chi connectivity index (χ2n) is 6.77. The molecule has 3 rings (SSSR count). The van der Waals surface area contributed by atoms with E-state index in [-0.39, 0.29) is 5.91 Å². The lowest BCUT2D eigenvalue weighted by Crippen LogP contribution is -2.24. The first kappa shape index (κ1) is 18.8. The van der Waals surface area contributed by atoms with Gasteiger partial charge in [-0.25, -0.2) is 0 Å². The summed E-state index contributed by atoms with van der Waals surface area (Å²) in [7, 11) is 0. The number of rotatable bonds is 5. The van der Waals surface area contributed by atoms with Crippen LogP contribution in [0.15, 0.2) is 60.8 Å². The number of carbonyl (C=O) groups is 1. The number of nitrogens with one attached hydrogen (secondary N) is 1. The van der Waals surface area contributed by atoms with Crippen LogP contribution in [0.5, 0.6) is 0 Å². The Morgan fingerprint density at radius 3 is 2.44 bits per heavy atom. The van der Waals surface area contributed by atoms with Crippen molar-refractivity contribution in [2.24, 2.45) is 0 Å². The van der Waals surface area contributed by atoms with Crippen LogP contribution in [0.1, 0.15) is 45.8 Å². The first-order valence-corrected chi connectivity index (χ1v) is 9.03. The fourth-order valence-corrected chi connectivity index (χ4v) is 3.08. The second kappa shape index (κ2) is 8.14. The van der Waals surface area contributed by atoms with Crippen molar-refractivity contribution in [3.63, 3.8) is 0 Å². The Morgan fingerprint density at radius 1 is 1.07 bits per heavy atom. The van der Waals surface area contributed by atoms with Gasteiger partial charge in [-0.15, -0.1) is 0 Å². The van der Waals surface area contributed by atoms with Crippen LogP contribution in [0.2, 0.25) is 0 Å². The maximum atomic E-state index is 12.9. The fourth-order valence-electron chi connectivity index (χ4n) is 3.08. The van der Waals surface area contributed by atoms with E-state index in [1.54, 1.807) is 13.1 Å². The largest absolute Gasteiger partial charge is 0.389 e. The highest BCUT2D eigenvalue weighted by Crippen LogP contribution is 2.29. The third-order valence-corrected chi connectivity index (χ3v) is 4.68. The van der Waals surface area contributed by atoms with Crippen LogP contribution < -0.4 is 5.32 Å². The predicted octanol–water partition coefficient (Wildman–Crippen LogP) is 4.35. The van der Waals surface area contributed by atoms with Crippen molar-refractivity contribution in [1.29, 1.82) is 0 Å². The Balaban J connectivity index is 1.91. The molecule has 1 aromatic heterocycles. The lowest BCUT2D eigenvalue weighted by atomic mass is 9.92. The summed E-state index contributed by atoms with van der Waals surface area (Å²) < 4.78 is 0. The summed E-state index contributed by atoms with van der Waals surface area (Å²) in [5.74, 6) is -0.159. The molecule has 4 nitrogen and oxygen atoms in total. The lowest BCUT2D eigenvalue weighted by molar-refractivity contribution is 0.0950. The number of benzene rings is 2. The van der Waals surface area contributed by atoms with Gasteiger partial charge in [-0.3, -0.25) is 9.78 Å². The summed E-state index contributed by atoms with van der Waals surface area (Å²) in [5, 5.41) is 13.1. The van der Waals surface area contributed by atoms with Gasteiger partial charge in [0.25, 0.3) is 5.91 Å². The molecular weight excluding hydrogens is 336 g/mol. The zero-order valence-electron chi connectivity index (χ0n) is 15.9. The highest BCUT2D eigenvalue weighted by molar-refractivity contribution is 5.97. The molecule has 0 aliphatic heterocycles. The Kier molecular flexibility index (Phi) is 5.67. The average molecular weight is 360 g/mol. The second-order valence-corrected chi connectivity index (χ2v) is 6.77. The van der Waals surface area contributed by atoms with Crippen LogP contribution in [-0.2, 0) is 6.54 Å². The molecule has 0 spiro atoms. The number of pyridine rings is 1. The number of nitrogens with zero attached hydrogens (tertiary/aromatic N) is 1. The minimum Gasteiger partial charge on any atom is -0.389 e. The van der Waals surface area contributed by atoms with Crippen LogP contribution in [-0.4, -0.2) is 16.0 Å². The monoisotopic (exact) mass is 360 g/mol. The molecular formula is C23H24N2O2. The molecule has 138 valence electrons. The van der Waals surface area contributed by atoms with Crippen LogP contribution in [0.25, 0.3) is 11.1 Å². The van der Waals surface area contributed by atoms with Crippen LogP contribution in [0.4, 0.5) is 0 Å². The van der Waals surface area contributed by atoms with Crippen molar-refractivity contribution >= 4 is 5.91 Å². The maximum Gasteiger partial charge on any atom is 0.251 e. The average Bonchev–Trinajstić information content (AvgIpc) is 2.68. The molecule has 0 saturated carbocycles. The molecule has 0 aliphatic rings. The molecule has 1 amide bonds. The SMILES string of the molecule is Cc1ccc(CNC(=O)c2cc(-c3ccccc3)cc(C(C)O)c2C)cn1. The fraction of sp³-hybridized carbons (Fsp3) is 0.217. The van der Waals surface area contributed by atoms with E-state index in [4.69, 9.17) is 0 Å². The zero-order chi connectivity index (χ0) is 19.4. The van der Waals surface area contributed by atoms with Gasteiger partial charge in [-0.1, -0.05) is 36.4 Å². The summed E-state index contributed by atoms with van der Waals surface area (Å²) in [4.78, 5) is 17.1. The van der Waals surface area contributed by atoms with Crippen LogP contribution >= 0.6 is 0 Å². The van der Waals surface area contributed by atoms with E-state index in [1.807, 2.05) is 68.4 Å². The molecule has 0 bridgehead atoms.